The van der Waals surface area contributed by atoms with Gasteiger partial charge >= 0.3 is 0 Å². The molecule has 1 aromatic carbocycles. The molecule has 0 heterocycles. The highest BCUT2D eigenvalue weighted by Gasteiger charge is 2.07. The maximum atomic E-state index is 9.21. The number of rotatable bonds is 8. The summed E-state index contributed by atoms with van der Waals surface area (Å²) < 4.78 is 5.67. The first-order chi connectivity index (χ1) is 8.67. The molecule has 0 aliphatic carbocycles. The van der Waals surface area contributed by atoms with Gasteiger partial charge < -0.3 is 15.2 Å². The number of hydrogen-bond donors (Lipinski definition) is 2. The number of nitrogens with one attached hydrogen (secondary N) is 1. The second-order valence-corrected chi connectivity index (χ2v) is 4.87. The molecule has 0 bridgehead atoms. The highest BCUT2D eigenvalue weighted by atomic mass is 16.5. The summed E-state index contributed by atoms with van der Waals surface area (Å²) in [5.74, 6) is 1.40. The maximum absolute atomic E-state index is 9.21. The fourth-order valence-corrected chi connectivity index (χ4v) is 1.67. The summed E-state index contributed by atoms with van der Waals surface area (Å²) in [5.41, 5.74) is 1.31. The summed E-state index contributed by atoms with van der Waals surface area (Å²) in [7, 11) is 0. The van der Waals surface area contributed by atoms with Gasteiger partial charge in [0.15, 0.2) is 0 Å². The Labute approximate surface area is 110 Å². The summed E-state index contributed by atoms with van der Waals surface area (Å²) in [4.78, 5) is 0. The molecule has 0 amide bonds. The third-order valence-electron chi connectivity index (χ3n) is 2.90. The molecule has 3 nitrogen and oxygen atoms in total. The van der Waals surface area contributed by atoms with Crippen molar-refractivity contribution in [1.82, 2.24) is 5.32 Å². The lowest BCUT2D eigenvalue weighted by Gasteiger charge is -2.17. The number of aliphatic hydroxyl groups excluding tert-OH is 1. The van der Waals surface area contributed by atoms with Gasteiger partial charge in [0.1, 0.15) is 12.4 Å². The molecule has 0 fully saturated rings. The second kappa shape index (κ2) is 8.11. The summed E-state index contributed by atoms with van der Waals surface area (Å²) in [6, 6.07) is 8.17. The van der Waals surface area contributed by atoms with Crippen molar-refractivity contribution >= 4 is 0 Å². The van der Waals surface area contributed by atoms with Gasteiger partial charge in [-0.3, -0.25) is 0 Å². The zero-order valence-electron chi connectivity index (χ0n) is 11.6. The van der Waals surface area contributed by atoms with Crippen molar-refractivity contribution in [2.24, 2.45) is 0 Å². The largest absolute Gasteiger partial charge is 0.492 e. The smallest absolute Gasteiger partial charge is 0.119 e. The van der Waals surface area contributed by atoms with Gasteiger partial charge in [0.2, 0.25) is 0 Å². The van der Waals surface area contributed by atoms with Gasteiger partial charge in [-0.15, -0.1) is 0 Å². The Morgan fingerprint density at radius 1 is 1.22 bits per heavy atom. The van der Waals surface area contributed by atoms with Gasteiger partial charge in [0, 0.05) is 0 Å². The van der Waals surface area contributed by atoms with Gasteiger partial charge in [-0.05, 0) is 36.6 Å². The molecule has 1 aromatic rings. The Bertz CT molecular complexity index is 322. The van der Waals surface area contributed by atoms with Crippen LogP contribution in [0.25, 0.3) is 0 Å². The summed E-state index contributed by atoms with van der Waals surface area (Å²) in [6.07, 6.45) is 1.06. The van der Waals surface area contributed by atoms with E-state index < -0.39 is 0 Å². The molecule has 102 valence electrons. The maximum Gasteiger partial charge on any atom is 0.119 e. The highest BCUT2D eigenvalue weighted by molar-refractivity contribution is 5.28. The monoisotopic (exact) mass is 251 g/mol. The molecule has 0 aliphatic heterocycles. The first kappa shape index (κ1) is 15.0. The molecule has 2 N–H and O–H groups in total. The molecule has 1 rings (SSSR count). The van der Waals surface area contributed by atoms with Crippen LogP contribution < -0.4 is 10.1 Å². The molecule has 0 radical (unpaired) electrons. The van der Waals surface area contributed by atoms with Crippen molar-refractivity contribution < 1.29 is 9.84 Å². The van der Waals surface area contributed by atoms with Gasteiger partial charge in [0.25, 0.3) is 0 Å². The van der Waals surface area contributed by atoms with Gasteiger partial charge in [-0.2, -0.15) is 0 Å². The van der Waals surface area contributed by atoms with Gasteiger partial charge in [-0.1, -0.05) is 32.9 Å². The number of aliphatic hydroxyl groups is 1. The Morgan fingerprint density at radius 2 is 1.89 bits per heavy atom. The Hall–Kier alpha value is -1.06. The zero-order chi connectivity index (χ0) is 13.4. The Balaban J connectivity index is 2.42. The molecule has 1 atom stereocenters. The highest BCUT2D eigenvalue weighted by Crippen LogP contribution is 2.18. The summed E-state index contributed by atoms with van der Waals surface area (Å²) >= 11 is 0. The van der Waals surface area contributed by atoms with E-state index in [1.54, 1.807) is 0 Å². The molecule has 1 unspecified atom stereocenters. The SMILES string of the molecule is CCCNC(CO)COc1ccc(C(C)C)cc1. The van der Waals surface area contributed by atoms with Crippen molar-refractivity contribution in [2.75, 3.05) is 19.8 Å². The standard InChI is InChI=1S/C15H25NO2/c1-4-9-16-14(10-17)11-18-15-7-5-13(6-8-15)12(2)3/h5-8,12,14,16-17H,4,9-11H2,1-3H3. The normalized spacial score (nSPS) is 12.7. The van der Waals surface area contributed by atoms with Crippen LogP contribution in [-0.4, -0.2) is 30.9 Å². The molecule has 0 saturated heterocycles. The fraction of sp³-hybridized carbons (Fsp3) is 0.600. The topological polar surface area (TPSA) is 41.5 Å². The third-order valence-corrected chi connectivity index (χ3v) is 2.90. The van der Waals surface area contributed by atoms with E-state index in [-0.39, 0.29) is 12.6 Å². The van der Waals surface area contributed by atoms with Crippen LogP contribution in [0.15, 0.2) is 24.3 Å². The fourth-order valence-electron chi connectivity index (χ4n) is 1.67. The first-order valence-electron chi connectivity index (χ1n) is 6.74. The minimum Gasteiger partial charge on any atom is -0.492 e. The molecule has 0 saturated carbocycles. The van der Waals surface area contributed by atoms with Crippen LogP contribution in [0, 0.1) is 0 Å². The van der Waals surface area contributed by atoms with E-state index in [0.29, 0.717) is 12.5 Å². The number of hydrogen-bond acceptors (Lipinski definition) is 3. The van der Waals surface area contributed by atoms with Crippen LogP contribution >= 0.6 is 0 Å². The summed E-state index contributed by atoms with van der Waals surface area (Å²) in [5, 5.41) is 12.4. The lowest BCUT2D eigenvalue weighted by atomic mass is 10.0. The minimum atomic E-state index is 0.00900. The van der Waals surface area contributed by atoms with Gasteiger partial charge in [-0.25, -0.2) is 0 Å². The molecular weight excluding hydrogens is 226 g/mol. The van der Waals surface area contributed by atoms with Crippen molar-refractivity contribution in [3.05, 3.63) is 29.8 Å². The van der Waals surface area contributed by atoms with E-state index in [4.69, 9.17) is 4.74 Å². The van der Waals surface area contributed by atoms with E-state index in [2.05, 4.69) is 38.2 Å². The molecule has 0 aliphatic rings. The van der Waals surface area contributed by atoms with Crippen LogP contribution in [0.5, 0.6) is 5.75 Å². The number of benzene rings is 1. The van der Waals surface area contributed by atoms with Crippen molar-refractivity contribution in [1.29, 1.82) is 0 Å². The third kappa shape index (κ3) is 5.07. The molecular formula is C15H25NO2. The lowest BCUT2D eigenvalue weighted by molar-refractivity contribution is 0.183. The minimum absolute atomic E-state index is 0.00900. The van der Waals surface area contributed by atoms with Crippen molar-refractivity contribution in [3.8, 4) is 5.75 Å². The van der Waals surface area contributed by atoms with Crippen LogP contribution in [0.3, 0.4) is 0 Å². The van der Waals surface area contributed by atoms with E-state index in [1.165, 1.54) is 5.56 Å². The van der Waals surface area contributed by atoms with E-state index in [9.17, 15) is 5.11 Å². The van der Waals surface area contributed by atoms with E-state index >= 15 is 0 Å². The first-order valence-corrected chi connectivity index (χ1v) is 6.74. The summed E-state index contributed by atoms with van der Waals surface area (Å²) in [6.45, 7) is 7.95. The van der Waals surface area contributed by atoms with Crippen LogP contribution in [0.1, 0.15) is 38.7 Å². The molecule has 3 heteroatoms. The quantitative estimate of drug-likeness (QED) is 0.746. The zero-order valence-corrected chi connectivity index (χ0v) is 11.6. The average molecular weight is 251 g/mol. The second-order valence-electron chi connectivity index (χ2n) is 4.87. The molecule has 0 spiro atoms. The van der Waals surface area contributed by atoms with Crippen molar-refractivity contribution in [3.63, 3.8) is 0 Å². The Morgan fingerprint density at radius 3 is 2.39 bits per heavy atom. The number of ether oxygens (including phenoxy) is 1. The van der Waals surface area contributed by atoms with Crippen LogP contribution in [-0.2, 0) is 0 Å². The average Bonchev–Trinajstić information content (AvgIpc) is 2.39. The predicted molar refractivity (Wildman–Crippen MR) is 75.2 cm³/mol. The van der Waals surface area contributed by atoms with Gasteiger partial charge in [0.05, 0.1) is 12.6 Å². The molecule has 18 heavy (non-hydrogen) atoms. The predicted octanol–water partition coefficient (Wildman–Crippen LogP) is 2.55. The van der Waals surface area contributed by atoms with Crippen LogP contribution in [0.4, 0.5) is 0 Å². The lowest BCUT2D eigenvalue weighted by Crippen LogP contribution is -2.38. The van der Waals surface area contributed by atoms with Crippen LogP contribution in [0.2, 0.25) is 0 Å². The van der Waals surface area contributed by atoms with E-state index in [0.717, 1.165) is 18.7 Å². The van der Waals surface area contributed by atoms with E-state index in [1.807, 2.05) is 12.1 Å². The van der Waals surface area contributed by atoms with Crippen molar-refractivity contribution in [2.45, 2.75) is 39.2 Å². The Kier molecular flexibility index (Phi) is 6.76. The molecule has 0 aromatic heterocycles.